The average molecular weight is 358 g/mol. The molecule has 0 radical (unpaired) electrons. The lowest BCUT2D eigenvalue weighted by atomic mass is 9.97. The zero-order valence-electron chi connectivity index (χ0n) is 12.0. The van der Waals surface area contributed by atoms with E-state index in [0.29, 0.717) is 0 Å². The van der Waals surface area contributed by atoms with Crippen molar-refractivity contribution >= 4 is 27.3 Å². The van der Waals surface area contributed by atoms with Gasteiger partial charge < -0.3 is 10.2 Å². The van der Waals surface area contributed by atoms with Gasteiger partial charge in [0.15, 0.2) is 0 Å². The van der Waals surface area contributed by atoms with Gasteiger partial charge in [-0.2, -0.15) is 0 Å². The smallest absolute Gasteiger partial charge is 0.0701 e. The summed E-state index contributed by atoms with van der Waals surface area (Å²) in [5, 5.41) is 3.46. The molecule has 20 heavy (non-hydrogen) atoms. The van der Waals surface area contributed by atoms with Crippen LogP contribution < -0.4 is 5.32 Å². The van der Waals surface area contributed by atoms with Gasteiger partial charge in [-0.3, -0.25) is 4.90 Å². The Kier molecular flexibility index (Phi) is 5.51. The molecule has 2 saturated heterocycles. The number of thiophene rings is 1. The Bertz CT molecular complexity index is 409. The maximum atomic E-state index is 3.55. The highest BCUT2D eigenvalue weighted by Crippen LogP contribution is 2.24. The molecular formula is C15H24BrN3S. The van der Waals surface area contributed by atoms with E-state index in [4.69, 9.17) is 0 Å². The molecule has 0 unspecified atom stereocenters. The van der Waals surface area contributed by atoms with Crippen LogP contribution in [-0.2, 0) is 6.54 Å². The lowest BCUT2D eigenvalue weighted by Gasteiger charge is -2.37. The second kappa shape index (κ2) is 7.36. The van der Waals surface area contributed by atoms with Gasteiger partial charge in [-0.15, -0.1) is 11.3 Å². The fourth-order valence-corrected chi connectivity index (χ4v) is 4.74. The van der Waals surface area contributed by atoms with Crippen LogP contribution in [0.5, 0.6) is 0 Å². The van der Waals surface area contributed by atoms with E-state index in [1.165, 1.54) is 67.3 Å². The van der Waals surface area contributed by atoms with Crippen LogP contribution in [0.25, 0.3) is 0 Å². The molecule has 2 aliphatic heterocycles. The number of hydrogen-bond donors (Lipinski definition) is 1. The molecule has 3 rings (SSSR count). The number of halogens is 1. The van der Waals surface area contributed by atoms with Crippen molar-refractivity contribution in [2.75, 3.05) is 45.8 Å². The Hall–Kier alpha value is 0.0600. The maximum Gasteiger partial charge on any atom is 0.0701 e. The molecular weight excluding hydrogens is 334 g/mol. The summed E-state index contributed by atoms with van der Waals surface area (Å²) in [6, 6.07) is 4.41. The highest BCUT2D eigenvalue weighted by atomic mass is 79.9. The molecule has 2 fully saturated rings. The van der Waals surface area contributed by atoms with E-state index in [1.54, 1.807) is 0 Å². The van der Waals surface area contributed by atoms with Gasteiger partial charge in [-0.1, -0.05) is 0 Å². The standard InChI is InChI=1S/C15H24BrN3S/c16-15-2-1-14(20-15)12-19-9-7-18(8-10-19)11-13-3-5-17-6-4-13/h1-2,13,17H,3-12H2. The molecule has 0 bridgehead atoms. The van der Waals surface area contributed by atoms with E-state index in [-0.39, 0.29) is 0 Å². The first kappa shape index (κ1) is 15.0. The molecule has 1 N–H and O–H groups in total. The fourth-order valence-electron chi connectivity index (χ4n) is 3.22. The Balaban J connectivity index is 1.40. The Morgan fingerprint density at radius 2 is 1.80 bits per heavy atom. The van der Waals surface area contributed by atoms with E-state index in [2.05, 4.69) is 43.2 Å². The predicted octanol–water partition coefficient (Wildman–Crippen LogP) is 2.63. The van der Waals surface area contributed by atoms with Gasteiger partial charge in [-0.25, -0.2) is 0 Å². The van der Waals surface area contributed by atoms with Gasteiger partial charge >= 0.3 is 0 Å². The zero-order chi connectivity index (χ0) is 13.8. The first-order valence-corrected chi connectivity index (χ1v) is 9.30. The van der Waals surface area contributed by atoms with Gasteiger partial charge in [-0.05, 0) is 59.9 Å². The van der Waals surface area contributed by atoms with Crippen molar-refractivity contribution in [2.24, 2.45) is 5.92 Å². The van der Waals surface area contributed by atoms with Gasteiger partial charge in [0.25, 0.3) is 0 Å². The normalized spacial score (nSPS) is 23.2. The largest absolute Gasteiger partial charge is 0.317 e. The van der Waals surface area contributed by atoms with E-state index in [9.17, 15) is 0 Å². The number of hydrogen-bond acceptors (Lipinski definition) is 4. The molecule has 0 atom stereocenters. The molecule has 2 aliphatic rings. The van der Waals surface area contributed by atoms with Crippen LogP contribution in [0, 0.1) is 5.92 Å². The second-order valence-electron chi connectivity index (χ2n) is 5.98. The minimum atomic E-state index is 0.927. The van der Waals surface area contributed by atoms with Crippen molar-refractivity contribution in [1.82, 2.24) is 15.1 Å². The van der Waals surface area contributed by atoms with Crippen LogP contribution >= 0.6 is 27.3 Å². The number of rotatable bonds is 4. The molecule has 112 valence electrons. The molecule has 3 heterocycles. The van der Waals surface area contributed by atoms with Crippen LogP contribution in [0.1, 0.15) is 17.7 Å². The van der Waals surface area contributed by atoms with E-state index in [0.717, 1.165) is 12.5 Å². The summed E-state index contributed by atoms with van der Waals surface area (Å²) in [6.45, 7) is 9.82. The van der Waals surface area contributed by atoms with E-state index >= 15 is 0 Å². The topological polar surface area (TPSA) is 18.5 Å². The number of piperidine rings is 1. The number of nitrogens with one attached hydrogen (secondary N) is 1. The summed E-state index contributed by atoms with van der Waals surface area (Å²) in [6.07, 6.45) is 2.73. The van der Waals surface area contributed by atoms with Crippen LogP contribution in [0.2, 0.25) is 0 Å². The first-order valence-electron chi connectivity index (χ1n) is 7.69. The zero-order valence-corrected chi connectivity index (χ0v) is 14.4. The van der Waals surface area contributed by atoms with Crippen LogP contribution in [-0.4, -0.2) is 55.6 Å². The molecule has 5 heteroatoms. The molecule has 1 aromatic rings. The van der Waals surface area contributed by atoms with E-state index in [1.807, 2.05) is 11.3 Å². The summed E-state index contributed by atoms with van der Waals surface area (Å²) < 4.78 is 1.25. The van der Waals surface area contributed by atoms with Crippen LogP contribution in [0.15, 0.2) is 15.9 Å². The Morgan fingerprint density at radius 3 is 2.45 bits per heavy atom. The summed E-state index contributed by atoms with van der Waals surface area (Å²) in [7, 11) is 0. The summed E-state index contributed by atoms with van der Waals surface area (Å²) in [4.78, 5) is 6.75. The number of piperazine rings is 1. The summed E-state index contributed by atoms with van der Waals surface area (Å²) in [5.74, 6) is 0.927. The van der Waals surface area contributed by atoms with Crippen molar-refractivity contribution in [3.8, 4) is 0 Å². The monoisotopic (exact) mass is 357 g/mol. The number of nitrogens with zero attached hydrogens (tertiary/aromatic N) is 2. The van der Waals surface area contributed by atoms with Gasteiger partial charge in [0, 0.05) is 44.1 Å². The van der Waals surface area contributed by atoms with Crippen molar-refractivity contribution in [1.29, 1.82) is 0 Å². The van der Waals surface area contributed by atoms with Gasteiger partial charge in [0.1, 0.15) is 0 Å². The lowest BCUT2D eigenvalue weighted by Crippen LogP contribution is -2.48. The maximum absolute atomic E-state index is 3.55. The first-order chi connectivity index (χ1) is 9.79. The molecule has 0 saturated carbocycles. The lowest BCUT2D eigenvalue weighted by molar-refractivity contribution is 0.107. The highest BCUT2D eigenvalue weighted by molar-refractivity contribution is 9.11. The third kappa shape index (κ3) is 4.28. The highest BCUT2D eigenvalue weighted by Gasteiger charge is 2.21. The Morgan fingerprint density at radius 1 is 1.10 bits per heavy atom. The third-order valence-corrected chi connectivity index (χ3v) is 6.06. The average Bonchev–Trinajstić information content (AvgIpc) is 2.88. The Labute approximate surface area is 134 Å². The SMILES string of the molecule is Brc1ccc(CN2CCN(CC3CCNCC3)CC2)s1. The predicted molar refractivity (Wildman–Crippen MR) is 89.3 cm³/mol. The van der Waals surface area contributed by atoms with Gasteiger partial charge in [0.2, 0.25) is 0 Å². The molecule has 0 aliphatic carbocycles. The second-order valence-corrected chi connectivity index (χ2v) is 8.52. The quantitative estimate of drug-likeness (QED) is 0.893. The van der Waals surface area contributed by atoms with Crippen molar-refractivity contribution in [2.45, 2.75) is 19.4 Å². The summed E-state index contributed by atoms with van der Waals surface area (Å²) in [5.41, 5.74) is 0. The van der Waals surface area contributed by atoms with Crippen molar-refractivity contribution in [3.05, 3.63) is 20.8 Å². The van der Waals surface area contributed by atoms with E-state index < -0.39 is 0 Å². The molecule has 0 amide bonds. The van der Waals surface area contributed by atoms with Gasteiger partial charge in [0.05, 0.1) is 3.79 Å². The minimum absolute atomic E-state index is 0.927. The molecule has 0 spiro atoms. The minimum Gasteiger partial charge on any atom is -0.317 e. The summed E-state index contributed by atoms with van der Waals surface area (Å²) >= 11 is 5.41. The van der Waals surface area contributed by atoms with Crippen LogP contribution in [0.3, 0.4) is 0 Å². The molecule has 1 aromatic heterocycles. The third-order valence-electron chi connectivity index (χ3n) is 4.45. The van der Waals surface area contributed by atoms with Crippen molar-refractivity contribution < 1.29 is 0 Å². The van der Waals surface area contributed by atoms with Crippen molar-refractivity contribution in [3.63, 3.8) is 0 Å². The van der Waals surface area contributed by atoms with Crippen LogP contribution in [0.4, 0.5) is 0 Å². The fraction of sp³-hybridized carbons (Fsp3) is 0.733. The molecule has 0 aromatic carbocycles. The molecule has 3 nitrogen and oxygen atoms in total.